The van der Waals surface area contributed by atoms with Gasteiger partial charge in [0.1, 0.15) is 5.69 Å². The van der Waals surface area contributed by atoms with Crippen LogP contribution in [0.4, 0.5) is 17.1 Å². The predicted molar refractivity (Wildman–Crippen MR) is 79.5 cm³/mol. The Balaban J connectivity index is 1.82. The zero-order valence-corrected chi connectivity index (χ0v) is 11.7. The molecule has 20 heavy (non-hydrogen) atoms. The fourth-order valence-electron chi connectivity index (χ4n) is 2.51. The van der Waals surface area contributed by atoms with Crippen molar-refractivity contribution in [3.05, 3.63) is 28.3 Å². The maximum absolute atomic E-state index is 11.1. The Morgan fingerprint density at radius 3 is 2.55 bits per heavy atom. The minimum absolute atomic E-state index is 0.176. The van der Waals surface area contributed by atoms with E-state index in [0.717, 1.165) is 44.7 Å². The maximum atomic E-state index is 11.1. The molecule has 108 valence electrons. The highest BCUT2D eigenvalue weighted by atomic mass is 16.6. The second kappa shape index (κ2) is 5.28. The molecular formula is C14H20N4O2. The summed E-state index contributed by atoms with van der Waals surface area (Å²) in [5.41, 5.74) is 1.91. The largest absolute Gasteiger partial charge is 0.377 e. The minimum Gasteiger partial charge on any atom is -0.377 e. The van der Waals surface area contributed by atoms with Gasteiger partial charge < -0.3 is 15.1 Å². The number of anilines is 2. The molecule has 2 fully saturated rings. The van der Waals surface area contributed by atoms with E-state index in [1.165, 1.54) is 0 Å². The molecule has 0 bridgehead atoms. The Hall–Kier alpha value is -1.82. The number of rotatable bonds is 4. The van der Waals surface area contributed by atoms with Crippen LogP contribution in [0.3, 0.4) is 0 Å². The summed E-state index contributed by atoms with van der Waals surface area (Å²) >= 11 is 0. The van der Waals surface area contributed by atoms with Crippen LogP contribution < -0.4 is 10.2 Å². The van der Waals surface area contributed by atoms with Gasteiger partial charge in [-0.05, 0) is 32.0 Å². The van der Waals surface area contributed by atoms with E-state index in [-0.39, 0.29) is 10.6 Å². The SMILES string of the molecule is CN1CCN(c2ccc([N+](=O)[O-])c(NC3CC3)c2)CC1. The van der Waals surface area contributed by atoms with E-state index in [1.54, 1.807) is 6.07 Å². The standard InChI is InChI=1S/C14H20N4O2/c1-16-6-8-17(9-7-16)12-4-5-14(18(19)20)13(10-12)15-11-2-3-11/h4-5,10-11,15H,2-3,6-9H2,1H3. The quantitative estimate of drug-likeness (QED) is 0.672. The lowest BCUT2D eigenvalue weighted by Gasteiger charge is -2.34. The van der Waals surface area contributed by atoms with Gasteiger partial charge in [0, 0.05) is 44.0 Å². The molecule has 0 spiro atoms. The molecule has 1 saturated heterocycles. The van der Waals surface area contributed by atoms with Gasteiger partial charge in [-0.3, -0.25) is 10.1 Å². The van der Waals surface area contributed by atoms with Gasteiger partial charge in [-0.25, -0.2) is 0 Å². The van der Waals surface area contributed by atoms with Crippen LogP contribution in [-0.2, 0) is 0 Å². The number of likely N-dealkylation sites (N-methyl/N-ethyl adjacent to an activating group) is 1. The first-order chi connectivity index (χ1) is 9.63. The van der Waals surface area contributed by atoms with Crippen molar-refractivity contribution < 1.29 is 4.92 Å². The molecule has 0 atom stereocenters. The third-order valence-corrected chi connectivity index (χ3v) is 3.98. The summed E-state index contributed by atoms with van der Waals surface area (Å²) in [6, 6.07) is 5.83. The summed E-state index contributed by atoms with van der Waals surface area (Å²) in [4.78, 5) is 15.4. The molecule has 1 heterocycles. The number of piperazine rings is 1. The third-order valence-electron chi connectivity index (χ3n) is 3.98. The van der Waals surface area contributed by atoms with E-state index in [2.05, 4.69) is 22.2 Å². The molecule has 1 saturated carbocycles. The van der Waals surface area contributed by atoms with Crippen LogP contribution in [0.2, 0.25) is 0 Å². The van der Waals surface area contributed by atoms with Crippen LogP contribution in [0.5, 0.6) is 0 Å². The minimum atomic E-state index is -0.307. The van der Waals surface area contributed by atoms with Gasteiger partial charge >= 0.3 is 0 Å². The lowest BCUT2D eigenvalue weighted by atomic mass is 10.2. The highest BCUT2D eigenvalue weighted by Crippen LogP contribution is 2.34. The molecular weight excluding hydrogens is 256 g/mol. The topological polar surface area (TPSA) is 61.7 Å². The number of hydrogen-bond donors (Lipinski definition) is 1. The van der Waals surface area contributed by atoms with Gasteiger partial charge in [-0.1, -0.05) is 0 Å². The normalized spacial score (nSPS) is 19.9. The van der Waals surface area contributed by atoms with Crippen LogP contribution in [0.1, 0.15) is 12.8 Å². The first kappa shape index (κ1) is 13.2. The molecule has 0 aromatic heterocycles. The van der Waals surface area contributed by atoms with Crippen molar-refractivity contribution in [1.82, 2.24) is 4.90 Å². The zero-order chi connectivity index (χ0) is 14.1. The van der Waals surface area contributed by atoms with Gasteiger partial charge in [0.15, 0.2) is 0 Å². The fraction of sp³-hybridized carbons (Fsp3) is 0.571. The molecule has 0 radical (unpaired) electrons. The van der Waals surface area contributed by atoms with E-state index in [0.29, 0.717) is 11.7 Å². The van der Waals surface area contributed by atoms with Crippen molar-refractivity contribution in [3.63, 3.8) is 0 Å². The summed E-state index contributed by atoms with van der Waals surface area (Å²) < 4.78 is 0. The molecule has 2 aliphatic rings. The van der Waals surface area contributed by atoms with E-state index in [9.17, 15) is 10.1 Å². The van der Waals surface area contributed by atoms with Crippen LogP contribution >= 0.6 is 0 Å². The molecule has 1 aliphatic heterocycles. The molecule has 1 aromatic carbocycles. The lowest BCUT2D eigenvalue weighted by molar-refractivity contribution is -0.384. The summed E-state index contributed by atoms with van der Waals surface area (Å²) in [5.74, 6) is 0. The Morgan fingerprint density at radius 2 is 1.95 bits per heavy atom. The first-order valence-electron chi connectivity index (χ1n) is 7.12. The predicted octanol–water partition coefficient (Wildman–Crippen LogP) is 1.92. The molecule has 3 rings (SSSR count). The maximum Gasteiger partial charge on any atom is 0.292 e. The monoisotopic (exact) mass is 276 g/mol. The molecule has 0 unspecified atom stereocenters. The number of nitro groups is 1. The van der Waals surface area contributed by atoms with Crippen molar-refractivity contribution in [2.75, 3.05) is 43.4 Å². The van der Waals surface area contributed by atoms with Gasteiger partial charge in [-0.15, -0.1) is 0 Å². The Kier molecular flexibility index (Phi) is 3.48. The van der Waals surface area contributed by atoms with Crippen molar-refractivity contribution >= 4 is 17.1 Å². The Labute approximate surface area is 118 Å². The molecule has 0 amide bonds. The summed E-state index contributed by atoms with van der Waals surface area (Å²) in [6.07, 6.45) is 2.21. The van der Waals surface area contributed by atoms with E-state index in [1.807, 2.05) is 12.1 Å². The summed E-state index contributed by atoms with van der Waals surface area (Å²) in [7, 11) is 2.12. The molecule has 6 nitrogen and oxygen atoms in total. The Morgan fingerprint density at radius 1 is 1.25 bits per heavy atom. The van der Waals surface area contributed by atoms with E-state index in [4.69, 9.17) is 0 Å². The van der Waals surface area contributed by atoms with Crippen LogP contribution in [0.15, 0.2) is 18.2 Å². The van der Waals surface area contributed by atoms with Crippen LogP contribution in [-0.4, -0.2) is 49.1 Å². The molecule has 1 aromatic rings. The van der Waals surface area contributed by atoms with Gasteiger partial charge in [0.05, 0.1) is 4.92 Å². The zero-order valence-electron chi connectivity index (χ0n) is 11.7. The second-order valence-corrected chi connectivity index (χ2v) is 5.67. The Bertz CT molecular complexity index is 508. The number of nitro benzene ring substituents is 1. The van der Waals surface area contributed by atoms with Crippen LogP contribution in [0, 0.1) is 10.1 Å². The third kappa shape index (κ3) is 2.85. The summed E-state index contributed by atoms with van der Waals surface area (Å²) in [6.45, 7) is 4.00. The first-order valence-corrected chi connectivity index (χ1v) is 7.12. The average molecular weight is 276 g/mol. The summed E-state index contributed by atoms with van der Waals surface area (Å²) in [5, 5.41) is 14.4. The number of hydrogen-bond acceptors (Lipinski definition) is 5. The highest BCUT2D eigenvalue weighted by molar-refractivity contribution is 5.69. The fourth-order valence-corrected chi connectivity index (χ4v) is 2.51. The van der Waals surface area contributed by atoms with Crippen molar-refractivity contribution in [1.29, 1.82) is 0 Å². The molecule has 6 heteroatoms. The van der Waals surface area contributed by atoms with Gasteiger partial charge in [0.2, 0.25) is 0 Å². The number of benzene rings is 1. The number of nitrogens with one attached hydrogen (secondary N) is 1. The van der Waals surface area contributed by atoms with Gasteiger partial charge in [-0.2, -0.15) is 0 Å². The van der Waals surface area contributed by atoms with Crippen LogP contribution in [0.25, 0.3) is 0 Å². The van der Waals surface area contributed by atoms with Crippen molar-refractivity contribution in [2.45, 2.75) is 18.9 Å². The van der Waals surface area contributed by atoms with E-state index >= 15 is 0 Å². The molecule has 1 aliphatic carbocycles. The highest BCUT2D eigenvalue weighted by Gasteiger charge is 2.25. The van der Waals surface area contributed by atoms with Gasteiger partial charge in [0.25, 0.3) is 5.69 Å². The number of nitrogens with zero attached hydrogens (tertiary/aromatic N) is 3. The lowest BCUT2D eigenvalue weighted by Crippen LogP contribution is -2.44. The van der Waals surface area contributed by atoms with Crippen molar-refractivity contribution in [3.8, 4) is 0 Å². The second-order valence-electron chi connectivity index (χ2n) is 5.67. The van der Waals surface area contributed by atoms with Crippen molar-refractivity contribution in [2.24, 2.45) is 0 Å². The average Bonchev–Trinajstić information content (AvgIpc) is 3.23. The smallest absolute Gasteiger partial charge is 0.292 e. The van der Waals surface area contributed by atoms with E-state index < -0.39 is 0 Å². The molecule has 1 N–H and O–H groups in total.